The summed E-state index contributed by atoms with van der Waals surface area (Å²) in [6.45, 7) is 0. The van der Waals surface area contributed by atoms with Gasteiger partial charge in [0.25, 0.3) is 0 Å². The lowest BCUT2D eigenvalue weighted by Crippen LogP contribution is -2.11. The van der Waals surface area contributed by atoms with Crippen molar-refractivity contribution in [3.8, 4) is 17.3 Å². The van der Waals surface area contributed by atoms with E-state index in [1.165, 1.54) is 30.9 Å². The fourth-order valence-corrected chi connectivity index (χ4v) is 6.66. The second-order valence-corrected chi connectivity index (χ2v) is 10.7. The van der Waals surface area contributed by atoms with Gasteiger partial charge < -0.3 is 0 Å². The van der Waals surface area contributed by atoms with Crippen LogP contribution in [0.4, 0.5) is 0 Å². The Morgan fingerprint density at radius 3 is 2.34 bits per heavy atom. The minimum Gasteiger partial charge on any atom is -0.278 e. The number of hydrogen-bond donors (Lipinski definition) is 0. The molecule has 38 heavy (non-hydrogen) atoms. The molecule has 4 aromatic carbocycles. The van der Waals surface area contributed by atoms with E-state index < -0.39 is 0 Å². The molecule has 0 saturated carbocycles. The van der Waals surface area contributed by atoms with Crippen LogP contribution < -0.4 is 0 Å². The van der Waals surface area contributed by atoms with Gasteiger partial charge in [0.05, 0.1) is 11.0 Å². The van der Waals surface area contributed by atoms with Crippen molar-refractivity contribution in [3.63, 3.8) is 0 Å². The lowest BCUT2D eigenvalue weighted by molar-refractivity contribution is 0.750. The van der Waals surface area contributed by atoms with Gasteiger partial charge in [-0.15, -0.1) is 11.3 Å². The van der Waals surface area contributed by atoms with Crippen LogP contribution in [0.15, 0.2) is 115 Å². The minimum absolute atomic E-state index is 0.116. The van der Waals surface area contributed by atoms with Crippen molar-refractivity contribution < 1.29 is 0 Å². The molecule has 4 nitrogen and oxygen atoms in total. The van der Waals surface area contributed by atoms with Crippen LogP contribution in [0.3, 0.4) is 0 Å². The highest BCUT2D eigenvalue weighted by Gasteiger charge is 2.21. The van der Waals surface area contributed by atoms with Crippen LogP contribution >= 0.6 is 11.3 Å². The van der Waals surface area contributed by atoms with Crippen LogP contribution in [0, 0.1) is 0 Å². The fraction of sp³-hybridized carbons (Fsp3) is 0.0606. The maximum atomic E-state index is 5.11. The Labute approximate surface area is 223 Å². The van der Waals surface area contributed by atoms with Crippen LogP contribution in [-0.4, -0.2) is 19.5 Å². The monoisotopic (exact) mass is 506 g/mol. The summed E-state index contributed by atoms with van der Waals surface area (Å²) in [5, 5.41) is 4.96. The highest BCUT2D eigenvalue weighted by molar-refractivity contribution is 7.25. The molecule has 8 rings (SSSR count). The predicted molar refractivity (Wildman–Crippen MR) is 158 cm³/mol. The van der Waals surface area contributed by atoms with Crippen molar-refractivity contribution in [2.75, 3.05) is 0 Å². The Hall–Kier alpha value is -4.61. The van der Waals surface area contributed by atoms with Crippen molar-refractivity contribution in [1.82, 2.24) is 19.5 Å². The lowest BCUT2D eigenvalue weighted by atomic mass is 10.00. The van der Waals surface area contributed by atoms with Gasteiger partial charge in [-0.05, 0) is 30.7 Å². The number of thiophene rings is 1. The van der Waals surface area contributed by atoms with Gasteiger partial charge in [0.1, 0.15) is 5.82 Å². The normalized spacial score (nSPS) is 15.3. The number of allylic oxidation sites excluding steroid dienone is 4. The molecule has 0 spiro atoms. The quantitative estimate of drug-likeness (QED) is 0.241. The summed E-state index contributed by atoms with van der Waals surface area (Å²) in [6, 6.07) is 32.0. The third-order valence-electron chi connectivity index (χ3n) is 7.36. The summed E-state index contributed by atoms with van der Waals surface area (Å²) in [6.07, 6.45) is 9.40. The average Bonchev–Trinajstić information content (AvgIpc) is 3.51. The van der Waals surface area contributed by atoms with Crippen molar-refractivity contribution >= 4 is 53.3 Å². The number of rotatable bonds is 3. The van der Waals surface area contributed by atoms with Gasteiger partial charge in [-0.1, -0.05) is 91.0 Å². The summed E-state index contributed by atoms with van der Waals surface area (Å²) in [5.74, 6) is 2.26. The number of fused-ring (bicyclic) bond motifs is 6. The van der Waals surface area contributed by atoms with Gasteiger partial charge in [-0.25, -0.2) is 4.98 Å². The Morgan fingerprint density at radius 1 is 0.658 bits per heavy atom. The molecule has 0 fully saturated rings. The van der Waals surface area contributed by atoms with Gasteiger partial charge in [0, 0.05) is 42.4 Å². The van der Waals surface area contributed by atoms with Gasteiger partial charge in [0.2, 0.25) is 5.95 Å². The number of para-hydroxylation sites is 1. The molecular formula is C33H22N4S. The molecular weight excluding hydrogens is 484 g/mol. The summed E-state index contributed by atoms with van der Waals surface area (Å²) >= 11 is 1.85. The molecule has 3 heterocycles. The van der Waals surface area contributed by atoms with Crippen molar-refractivity contribution in [2.24, 2.45) is 0 Å². The second-order valence-electron chi connectivity index (χ2n) is 9.65. The van der Waals surface area contributed by atoms with Crippen LogP contribution in [0.25, 0.3) is 59.3 Å². The minimum atomic E-state index is 0.116. The molecule has 5 heteroatoms. The maximum absolute atomic E-state index is 5.11. The van der Waals surface area contributed by atoms with Gasteiger partial charge in [-0.2, -0.15) is 9.97 Å². The molecule has 180 valence electrons. The van der Waals surface area contributed by atoms with Crippen LogP contribution in [0.2, 0.25) is 0 Å². The standard InChI is InChI=1S/C33H22N4S/c1-3-11-21(12-4-1)31-34-32(22-13-5-2-6-14-22)36-33(35-31)37-27-17-9-7-15-23(27)25-20-30-26(19-28(25)37)24-16-8-10-18-29(24)38-30/h1-13,15-20,22H,14H2. The van der Waals surface area contributed by atoms with E-state index in [1.54, 1.807) is 0 Å². The van der Waals surface area contributed by atoms with Crippen LogP contribution in [0.5, 0.6) is 0 Å². The molecule has 1 aliphatic rings. The molecule has 1 unspecified atom stereocenters. The smallest absolute Gasteiger partial charge is 0.238 e. The van der Waals surface area contributed by atoms with Crippen molar-refractivity contribution in [3.05, 3.63) is 121 Å². The summed E-state index contributed by atoms with van der Waals surface area (Å²) in [7, 11) is 0. The molecule has 0 amide bonds. The van der Waals surface area contributed by atoms with E-state index in [1.807, 2.05) is 29.5 Å². The molecule has 1 aliphatic carbocycles. The van der Waals surface area contributed by atoms with E-state index in [4.69, 9.17) is 15.0 Å². The summed E-state index contributed by atoms with van der Waals surface area (Å²) in [5.41, 5.74) is 3.19. The van der Waals surface area contributed by atoms with Gasteiger partial charge >= 0.3 is 0 Å². The molecule has 3 aromatic heterocycles. The zero-order chi connectivity index (χ0) is 25.1. The molecule has 0 aliphatic heterocycles. The first-order chi connectivity index (χ1) is 18.8. The lowest BCUT2D eigenvalue weighted by Gasteiger charge is -2.15. The Morgan fingerprint density at radius 2 is 1.47 bits per heavy atom. The highest BCUT2D eigenvalue weighted by Crippen LogP contribution is 2.40. The Bertz CT molecular complexity index is 2060. The number of aromatic nitrogens is 4. The fourth-order valence-electron chi connectivity index (χ4n) is 5.54. The van der Waals surface area contributed by atoms with E-state index >= 15 is 0 Å². The first-order valence-electron chi connectivity index (χ1n) is 12.8. The maximum Gasteiger partial charge on any atom is 0.238 e. The SMILES string of the molecule is C1=CCC(c2nc(-c3ccccc3)nc(-n3c4ccccc4c4cc5sc6ccccc6c5cc43)n2)C=C1. The van der Waals surface area contributed by atoms with E-state index in [0.717, 1.165) is 28.8 Å². The van der Waals surface area contributed by atoms with Crippen LogP contribution in [0.1, 0.15) is 18.2 Å². The molecule has 0 saturated heterocycles. The Balaban J connectivity index is 1.46. The molecule has 0 bridgehead atoms. The van der Waals surface area contributed by atoms with Crippen molar-refractivity contribution in [1.29, 1.82) is 0 Å². The van der Waals surface area contributed by atoms with E-state index in [-0.39, 0.29) is 5.92 Å². The third-order valence-corrected chi connectivity index (χ3v) is 8.49. The average molecular weight is 507 g/mol. The summed E-state index contributed by atoms with van der Waals surface area (Å²) < 4.78 is 4.82. The molecule has 0 radical (unpaired) electrons. The first-order valence-corrected chi connectivity index (χ1v) is 13.6. The molecule has 0 N–H and O–H groups in total. The third kappa shape index (κ3) is 3.32. The molecule has 1 atom stereocenters. The van der Waals surface area contributed by atoms with Crippen LogP contribution in [-0.2, 0) is 0 Å². The number of hydrogen-bond acceptors (Lipinski definition) is 4. The summed E-state index contributed by atoms with van der Waals surface area (Å²) in [4.78, 5) is 15.1. The van der Waals surface area contributed by atoms with Crippen molar-refractivity contribution in [2.45, 2.75) is 12.3 Å². The number of nitrogens with zero attached hydrogens (tertiary/aromatic N) is 4. The first kappa shape index (κ1) is 21.5. The van der Waals surface area contributed by atoms with E-state index in [9.17, 15) is 0 Å². The van der Waals surface area contributed by atoms with Gasteiger partial charge in [-0.3, -0.25) is 4.57 Å². The largest absolute Gasteiger partial charge is 0.278 e. The zero-order valence-corrected chi connectivity index (χ0v) is 21.3. The van der Waals surface area contributed by atoms with E-state index in [2.05, 4.69) is 102 Å². The zero-order valence-electron chi connectivity index (χ0n) is 20.5. The topological polar surface area (TPSA) is 43.6 Å². The molecule has 7 aromatic rings. The van der Waals surface area contributed by atoms with Gasteiger partial charge in [0.15, 0.2) is 5.82 Å². The Kier molecular flexibility index (Phi) is 4.79. The highest BCUT2D eigenvalue weighted by atomic mass is 32.1. The number of benzene rings is 4. The second kappa shape index (κ2) is 8.47. The van der Waals surface area contributed by atoms with E-state index in [0.29, 0.717) is 11.8 Å². The predicted octanol–water partition coefficient (Wildman–Crippen LogP) is 8.60.